The maximum Gasteiger partial charge on any atom is 0.259 e. The summed E-state index contributed by atoms with van der Waals surface area (Å²) in [7, 11) is 0. The van der Waals surface area contributed by atoms with E-state index in [1.165, 1.54) is 0 Å². The van der Waals surface area contributed by atoms with Gasteiger partial charge < -0.3 is 9.84 Å². The van der Waals surface area contributed by atoms with Crippen LogP contribution in [0.4, 0.5) is 0 Å². The summed E-state index contributed by atoms with van der Waals surface area (Å²) in [5, 5.41) is 7.71. The normalized spacial score (nSPS) is 15.4. The number of aryl methyl sites for hydroxylation is 1. The molecule has 3 heterocycles. The van der Waals surface area contributed by atoms with Gasteiger partial charge in [0.05, 0.1) is 22.7 Å². The molecule has 3 aromatic heterocycles. The van der Waals surface area contributed by atoms with Crippen LogP contribution in [-0.2, 0) is 0 Å². The second kappa shape index (κ2) is 5.70. The molecule has 1 atom stereocenters. The van der Waals surface area contributed by atoms with Gasteiger partial charge in [-0.2, -0.15) is 0 Å². The van der Waals surface area contributed by atoms with E-state index >= 15 is 0 Å². The summed E-state index contributed by atoms with van der Waals surface area (Å²) in [5.74, 6) is 0.295. The minimum Gasteiger partial charge on any atom is -0.345 e. The van der Waals surface area contributed by atoms with E-state index in [1.54, 1.807) is 12.4 Å². The Hall–Kier alpha value is -2.76. The summed E-state index contributed by atoms with van der Waals surface area (Å²) >= 11 is 0. The summed E-state index contributed by atoms with van der Waals surface area (Å²) in [6.07, 6.45) is 5.66. The van der Waals surface area contributed by atoms with Crippen molar-refractivity contribution in [2.75, 3.05) is 0 Å². The van der Waals surface area contributed by atoms with Crippen LogP contribution in [0.2, 0.25) is 0 Å². The number of hydrogen-bond acceptors (Lipinski definition) is 5. The smallest absolute Gasteiger partial charge is 0.259 e. The van der Waals surface area contributed by atoms with Crippen molar-refractivity contribution in [1.29, 1.82) is 0 Å². The molecule has 1 aliphatic carbocycles. The minimum atomic E-state index is -0.139. The van der Waals surface area contributed by atoms with Crippen LogP contribution in [0.15, 0.2) is 35.1 Å². The molecule has 0 radical (unpaired) electrons. The molecule has 1 saturated carbocycles. The van der Waals surface area contributed by atoms with Gasteiger partial charge in [-0.3, -0.25) is 9.78 Å². The molecule has 24 heavy (non-hydrogen) atoms. The van der Waals surface area contributed by atoms with E-state index in [-0.39, 0.29) is 11.9 Å². The van der Waals surface area contributed by atoms with Gasteiger partial charge in [0, 0.05) is 24.0 Å². The Morgan fingerprint density at radius 1 is 1.33 bits per heavy atom. The molecular formula is C18H18N4O2. The van der Waals surface area contributed by atoms with Crippen molar-refractivity contribution in [2.24, 2.45) is 0 Å². The molecule has 0 spiro atoms. The van der Waals surface area contributed by atoms with Crippen LogP contribution in [0.25, 0.3) is 11.1 Å². The highest BCUT2D eigenvalue weighted by Gasteiger charge is 2.28. The highest BCUT2D eigenvalue weighted by atomic mass is 16.5. The zero-order valence-corrected chi connectivity index (χ0v) is 13.6. The monoisotopic (exact) mass is 322 g/mol. The first-order chi connectivity index (χ1) is 11.6. The first-order valence-corrected chi connectivity index (χ1v) is 8.11. The first-order valence-electron chi connectivity index (χ1n) is 8.11. The molecule has 0 bridgehead atoms. The summed E-state index contributed by atoms with van der Waals surface area (Å²) in [4.78, 5) is 21.4. The molecule has 1 aliphatic rings. The average molecular weight is 322 g/mol. The van der Waals surface area contributed by atoms with Crippen molar-refractivity contribution in [2.45, 2.75) is 38.6 Å². The topological polar surface area (TPSA) is 80.9 Å². The van der Waals surface area contributed by atoms with E-state index in [2.05, 4.69) is 20.4 Å². The predicted octanol–water partition coefficient (Wildman–Crippen LogP) is 3.29. The fraction of sp³-hybridized carbons (Fsp3) is 0.333. The fourth-order valence-corrected chi connectivity index (χ4v) is 2.89. The van der Waals surface area contributed by atoms with E-state index < -0.39 is 0 Å². The number of amides is 1. The Morgan fingerprint density at radius 3 is 2.79 bits per heavy atom. The molecule has 1 fully saturated rings. The SMILES string of the molecule is Cc1noc2nc(C3CC3)cc(C(=O)N[C@@H](C)c3ccncc3)c12. The number of nitrogens with zero attached hydrogens (tertiary/aromatic N) is 3. The van der Waals surface area contributed by atoms with Crippen LogP contribution < -0.4 is 5.32 Å². The van der Waals surface area contributed by atoms with Gasteiger partial charge >= 0.3 is 0 Å². The highest BCUT2D eigenvalue weighted by Crippen LogP contribution is 2.40. The van der Waals surface area contributed by atoms with E-state index in [0.717, 1.165) is 24.1 Å². The van der Waals surface area contributed by atoms with Crippen LogP contribution >= 0.6 is 0 Å². The second-order valence-electron chi connectivity index (χ2n) is 6.29. The van der Waals surface area contributed by atoms with Gasteiger partial charge in [0.25, 0.3) is 11.6 Å². The fourth-order valence-electron chi connectivity index (χ4n) is 2.89. The van der Waals surface area contributed by atoms with Gasteiger partial charge in [-0.1, -0.05) is 5.16 Å². The Morgan fingerprint density at radius 2 is 2.08 bits per heavy atom. The molecule has 0 unspecified atom stereocenters. The Balaban J connectivity index is 1.69. The average Bonchev–Trinajstić information content (AvgIpc) is 3.39. The molecule has 1 amide bonds. The van der Waals surface area contributed by atoms with Crippen molar-refractivity contribution in [1.82, 2.24) is 20.4 Å². The van der Waals surface area contributed by atoms with Gasteiger partial charge in [-0.25, -0.2) is 4.98 Å². The van der Waals surface area contributed by atoms with Gasteiger partial charge in [0.2, 0.25) is 0 Å². The number of fused-ring (bicyclic) bond motifs is 1. The number of carbonyl (C=O) groups is 1. The van der Waals surface area contributed by atoms with E-state index in [9.17, 15) is 4.79 Å². The molecule has 0 saturated heterocycles. The Kier molecular flexibility index (Phi) is 3.52. The lowest BCUT2D eigenvalue weighted by Gasteiger charge is -2.15. The van der Waals surface area contributed by atoms with Gasteiger partial charge in [0.15, 0.2) is 0 Å². The van der Waals surface area contributed by atoms with Crippen molar-refractivity contribution in [3.05, 3.63) is 53.1 Å². The third-order valence-electron chi connectivity index (χ3n) is 4.43. The van der Waals surface area contributed by atoms with Gasteiger partial charge in [-0.15, -0.1) is 0 Å². The lowest BCUT2D eigenvalue weighted by molar-refractivity contribution is 0.0941. The van der Waals surface area contributed by atoms with Crippen LogP contribution in [0.3, 0.4) is 0 Å². The van der Waals surface area contributed by atoms with Crippen molar-refractivity contribution in [3.8, 4) is 0 Å². The number of nitrogens with one attached hydrogen (secondary N) is 1. The minimum absolute atomic E-state index is 0.117. The summed E-state index contributed by atoms with van der Waals surface area (Å²) in [6.45, 7) is 3.78. The Bertz CT molecular complexity index is 900. The molecule has 0 aromatic carbocycles. The van der Waals surface area contributed by atoms with Crippen molar-refractivity contribution in [3.63, 3.8) is 0 Å². The molecule has 1 N–H and O–H groups in total. The lowest BCUT2D eigenvalue weighted by Crippen LogP contribution is -2.27. The van der Waals surface area contributed by atoms with Gasteiger partial charge in [-0.05, 0) is 50.5 Å². The molecule has 6 heteroatoms. The summed E-state index contributed by atoms with van der Waals surface area (Å²) in [6, 6.07) is 5.56. The van der Waals surface area contributed by atoms with Crippen LogP contribution in [0.5, 0.6) is 0 Å². The number of carbonyl (C=O) groups excluding carboxylic acids is 1. The number of hydrogen-bond donors (Lipinski definition) is 1. The van der Waals surface area contributed by atoms with E-state index in [4.69, 9.17) is 4.52 Å². The van der Waals surface area contributed by atoms with E-state index in [1.807, 2.05) is 32.0 Å². The zero-order chi connectivity index (χ0) is 16.7. The number of rotatable bonds is 4. The first kappa shape index (κ1) is 14.8. The van der Waals surface area contributed by atoms with Crippen LogP contribution in [0, 0.1) is 6.92 Å². The second-order valence-corrected chi connectivity index (χ2v) is 6.29. The number of pyridine rings is 2. The van der Waals surface area contributed by atoms with Gasteiger partial charge in [0.1, 0.15) is 0 Å². The van der Waals surface area contributed by atoms with Crippen molar-refractivity contribution < 1.29 is 9.32 Å². The summed E-state index contributed by atoms with van der Waals surface area (Å²) in [5.41, 5.74) is 3.63. The van der Waals surface area contributed by atoms with E-state index in [0.29, 0.717) is 28.3 Å². The molecule has 4 rings (SSSR count). The summed E-state index contributed by atoms with van der Waals surface area (Å²) < 4.78 is 5.30. The molecule has 0 aliphatic heterocycles. The standard InChI is InChI=1S/C18H18N4O2/c1-10(12-5-7-19-8-6-12)20-17(23)14-9-15(13-3-4-13)21-18-16(14)11(2)22-24-18/h5-10,13H,3-4H2,1-2H3,(H,20,23)/t10-/m0/s1. The molecule has 3 aromatic rings. The van der Waals surface area contributed by atoms with Crippen LogP contribution in [0.1, 0.15) is 59.0 Å². The quantitative estimate of drug-likeness (QED) is 0.797. The highest BCUT2D eigenvalue weighted by molar-refractivity contribution is 6.06. The predicted molar refractivity (Wildman–Crippen MR) is 88.6 cm³/mol. The maximum absolute atomic E-state index is 12.9. The molecular weight excluding hydrogens is 304 g/mol. The van der Waals surface area contributed by atoms with Crippen LogP contribution in [-0.4, -0.2) is 21.0 Å². The largest absolute Gasteiger partial charge is 0.345 e. The molecule has 6 nitrogen and oxygen atoms in total. The molecule has 122 valence electrons. The zero-order valence-electron chi connectivity index (χ0n) is 13.6. The number of aromatic nitrogens is 3. The third-order valence-corrected chi connectivity index (χ3v) is 4.43. The van der Waals surface area contributed by atoms with Crippen molar-refractivity contribution >= 4 is 17.0 Å². The third kappa shape index (κ3) is 2.64. The Labute approximate surface area is 139 Å². The lowest BCUT2D eigenvalue weighted by atomic mass is 10.1. The maximum atomic E-state index is 12.9.